The first-order valence-corrected chi connectivity index (χ1v) is 6.18. The number of hydrogen-bond acceptors (Lipinski definition) is 1. The van der Waals surface area contributed by atoms with Crippen LogP contribution in [0.25, 0.3) is 10.9 Å². The van der Waals surface area contributed by atoms with Crippen LogP contribution >= 0.6 is 0 Å². The molecule has 0 aliphatic heterocycles. The monoisotopic (exact) mass is 255 g/mol. The van der Waals surface area contributed by atoms with Crippen LogP contribution in [0.3, 0.4) is 0 Å². The van der Waals surface area contributed by atoms with E-state index in [1.807, 2.05) is 43.3 Å². The van der Waals surface area contributed by atoms with E-state index in [4.69, 9.17) is 4.74 Å². The minimum Gasteiger partial charge on any atom is -0.486 e. The number of H-pyrrole nitrogens is 1. The van der Waals surface area contributed by atoms with E-state index in [0.717, 1.165) is 22.2 Å². The number of aromatic amines is 1. The Morgan fingerprint density at radius 1 is 1.11 bits per heavy atom. The van der Waals surface area contributed by atoms with Crippen LogP contribution in [0.2, 0.25) is 0 Å². The molecule has 0 bridgehead atoms. The minimum absolute atomic E-state index is 0.287. The highest BCUT2D eigenvalue weighted by atomic mass is 19.1. The van der Waals surface area contributed by atoms with Crippen LogP contribution in [0.1, 0.15) is 11.3 Å². The number of fused-ring (bicyclic) bond motifs is 1. The van der Waals surface area contributed by atoms with Crippen LogP contribution in [0.15, 0.2) is 48.5 Å². The Labute approximate surface area is 110 Å². The number of rotatable bonds is 3. The summed E-state index contributed by atoms with van der Waals surface area (Å²) in [6.07, 6.45) is 0. The molecule has 96 valence electrons. The summed E-state index contributed by atoms with van der Waals surface area (Å²) < 4.78 is 19.4. The normalized spacial score (nSPS) is 10.8. The van der Waals surface area contributed by atoms with Crippen LogP contribution < -0.4 is 4.74 Å². The van der Waals surface area contributed by atoms with E-state index in [1.54, 1.807) is 6.07 Å². The number of aromatic nitrogens is 1. The first-order chi connectivity index (χ1) is 9.22. The lowest BCUT2D eigenvalue weighted by atomic mass is 10.2. The van der Waals surface area contributed by atoms with Gasteiger partial charge < -0.3 is 9.72 Å². The molecular weight excluding hydrogens is 241 g/mol. The maximum Gasteiger partial charge on any atom is 0.167 e. The fraction of sp³-hybridized carbons (Fsp3) is 0.125. The number of aryl methyl sites for hydroxylation is 1. The lowest BCUT2D eigenvalue weighted by Crippen LogP contribution is -1.97. The molecule has 1 N–H and O–H groups in total. The molecule has 1 aromatic heterocycles. The molecule has 2 nitrogen and oxygen atoms in total. The molecule has 1 heterocycles. The van der Waals surface area contributed by atoms with E-state index in [1.165, 1.54) is 6.07 Å². The van der Waals surface area contributed by atoms with Crippen LogP contribution in [0.4, 0.5) is 4.39 Å². The first kappa shape index (κ1) is 11.8. The Morgan fingerprint density at radius 2 is 1.89 bits per heavy atom. The van der Waals surface area contributed by atoms with Gasteiger partial charge >= 0.3 is 0 Å². The van der Waals surface area contributed by atoms with Gasteiger partial charge in [0.05, 0.1) is 0 Å². The van der Waals surface area contributed by atoms with Crippen molar-refractivity contribution in [3.63, 3.8) is 0 Å². The second-order valence-electron chi connectivity index (χ2n) is 4.60. The van der Waals surface area contributed by atoms with Crippen LogP contribution in [-0.2, 0) is 6.61 Å². The lowest BCUT2D eigenvalue weighted by molar-refractivity contribution is 0.291. The van der Waals surface area contributed by atoms with Crippen molar-refractivity contribution in [3.8, 4) is 5.75 Å². The number of benzene rings is 2. The van der Waals surface area contributed by atoms with E-state index in [0.29, 0.717) is 6.61 Å². The van der Waals surface area contributed by atoms with E-state index in [9.17, 15) is 4.39 Å². The fourth-order valence-corrected chi connectivity index (χ4v) is 2.12. The van der Waals surface area contributed by atoms with Gasteiger partial charge in [-0.05, 0) is 24.6 Å². The summed E-state index contributed by atoms with van der Waals surface area (Å²) in [7, 11) is 0. The van der Waals surface area contributed by atoms with Gasteiger partial charge in [-0.2, -0.15) is 0 Å². The summed E-state index contributed by atoms with van der Waals surface area (Å²) in [4.78, 5) is 3.10. The van der Waals surface area contributed by atoms with Gasteiger partial charge in [0.15, 0.2) is 11.6 Å². The molecule has 0 atom stereocenters. The Hall–Kier alpha value is -2.29. The fourth-order valence-electron chi connectivity index (χ4n) is 2.12. The van der Waals surface area contributed by atoms with Crippen LogP contribution in [0.5, 0.6) is 5.75 Å². The quantitative estimate of drug-likeness (QED) is 0.745. The van der Waals surface area contributed by atoms with Crippen molar-refractivity contribution >= 4 is 10.9 Å². The highest BCUT2D eigenvalue weighted by Crippen LogP contribution is 2.25. The topological polar surface area (TPSA) is 25.0 Å². The predicted molar refractivity (Wildman–Crippen MR) is 73.8 cm³/mol. The van der Waals surface area contributed by atoms with Crippen molar-refractivity contribution in [2.45, 2.75) is 13.5 Å². The highest BCUT2D eigenvalue weighted by Gasteiger charge is 2.08. The van der Waals surface area contributed by atoms with Gasteiger partial charge in [0.1, 0.15) is 6.61 Å². The second kappa shape index (κ2) is 4.76. The van der Waals surface area contributed by atoms with Gasteiger partial charge in [-0.15, -0.1) is 0 Å². The van der Waals surface area contributed by atoms with Gasteiger partial charge in [-0.1, -0.05) is 30.3 Å². The Balaban J connectivity index is 1.86. The van der Waals surface area contributed by atoms with E-state index < -0.39 is 0 Å². The molecule has 3 rings (SSSR count). The van der Waals surface area contributed by atoms with Crippen molar-refractivity contribution in [2.75, 3.05) is 0 Å². The second-order valence-corrected chi connectivity index (χ2v) is 4.60. The van der Waals surface area contributed by atoms with Crippen molar-refractivity contribution in [3.05, 3.63) is 65.6 Å². The smallest absolute Gasteiger partial charge is 0.167 e. The highest BCUT2D eigenvalue weighted by molar-refractivity contribution is 5.82. The third-order valence-electron chi connectivity index (χ3n) is 3.05. The Morgan fingerprint density at radius 3 is 2.68 bits per heavy atom. The molecule has 0 saturated heterocycles. The maximum atomic E-state index is 13.9. The number of ether oxygens (including phenoxy) is 1. The van der Waals surface area contributed by atoms with Gasteiger partial charge in [0.25, 0.3) is 0 Å². The summed E-state index contributed by atoms with van der Waals surface area (Å²) in [6, 6.07) is 14.9. The molecule has 0 aliphatic carbocycles. The first-order valence-electron chi connectivity index (χ1n) is 6.18. The molecule has 3 heteroatoms. The van der Waals surface area contributed by atoms with Crippen LogP contribution in [0, 0.1) is 12.7 Å². The maximum absolute atomic E-state index is 13.9. The molecule has 0 amide bonds. The summed E-state index contributed by atoms with van der Waals surface area (Å²) in [5.74, 6) is -0.0550. The molecule has 0 saturated carbocycles. The zero-order valence-corrected chi connectivity index (χ0v) is 10.6. The van der Waals surface area contributed by atoms with Gasteiger partial charge in [-0.25, -0.2) is 4.39 Å². The number of hydrogen-bond donors (Lipinski definition) is 1. The molecule has 0 spiro atoms. The molecular formula is C16H14FNO. The average molecular weight is 255 g/mol. The Bertz CT molecular complexity index is 703. The SMILES string of the molecule is Cc1cc2cc(OCc3ccccc3)c(F)cc2[nH]1. The molecule has 19 heavy (non-hydrogen) atoms. The van der Waals surface area contributed by atoms with E-state index in [2.05, 4.69) is 4.98 Å². The van der Waals surface area contributed by atoms with Gasteiger partial charge in [-0.3, -0.25) is 0 Å². The molecule has 0 aliphatic rings. The van der Waals surface area contributed by atoms with Crippen molar-refractivity contribution in [1.82, 2.24) is 4.98 Å². The zero-order valence-electron chi connectivity index (χ0n) is 10.6. The number of halogens is 1. The molecule has 0 fully saturated rings. The summed E-state index contributed by atoms with van der Waals surface area (Å²) >= 11 is 0. The van der Waals surface area contributed by atoms with E-state index in [-0.39, 0.29) is 11.6 Å². The number of nitrogens with one attached hydrogen (secondary N) is 1. The zero-order chi connectivity index (χ0) is 13.2. The standard InChI is InChI=1S/C16H14FNO/c1-11-7-13-8-16(14(17)9-15(13)18-11)19-10-12-5-3-2-4-6-12/h2-9,18H,10H2,1H3. The Kier molecular flexibility index (Phi) is 2.95. The van der Waals surface area contributed by atoms with Crippen molar-refractivity contribution in [2.24, 2.45) is 0 Å². The van der Waals surface area contributed by atoms with Crippen molar-refractivity contribution < 1.29 is 9.13 Å². The third kappa shape index (κ3) is 2.45. The third-order valence-corrected chi connectivity index (χ3v) is 3.05. The molecule has 2 aromatic carbocycles. The molecule has 0 unspecified atom stereocenters. The summed E-state index contributed by atoms with van der Waals surface area (Å²) in [5, 5.41) is 0.960. The van der Waals surface area contributed by atoms with Crippen molar-refractivity contribution in [1.29, 1.82) is 0 Å². The van der Waals surface area contributed by atoms with Gasteiger partial charge in [0.2, 0.25) is 0 Å². The summed E-state index contributed by atoms with van der Waals surface area (Å²) in [6.45, 7) is 2.31. The van der Waals surface area contributed by atoms with E-state index >= 15 is 0 Å². The largest absolute Gasteiger partial charge is 0.486 e. The molecule has 0 radical (unpaired) electrons. The minimum atomic E-state index is -0.342. The summed E-state index contributed by atoms with van der Waals surface area (Å²) in [5.41, 5.74) is 2.82. The van der Waals surface area contributed by atoms with Gasteiger partial charge in [0, 0.05) is 22.7 Å². The molecule has 3 aromatic rings. The lowest BCUT2D eigenvalue weighted by Gasteiger charge is -2.07. The average Bonchev–Trinajstić information content (AvgIpc) is 2.76. The van der Waals surface area contributed by atoms with Crippen LogP contribution in [-0.4, -0.2) is 4.98 Å². The predicted octanol–water partition coefficient (Wildman–Crippen LogP) is 4.19.